The molecule has 0 spiro atoms. The Hall–Kier alpha value is -3.76. The maximum absolute atomic E-state index is 14.1. The fourth-order valence-electron chi connectivity index (χ4n) is 4.36. The number of hydrogen-bond acceptors (Lipinski definition) is 6. The molecule has 1 atom stereocenters. The number of carbonyl (C=O) groups is 2. The molecule has 0 unspecified atom stereocenters. The number of nitrogens with one attached hydrogen (secondary N) is 1. The Morgan fingerprint density at radius 2 is 1.56 bits per heavy atom. The summed E-state index contributed by atoms with van der Waals surface area (Å²) in [4.78, 5) is 29.1. The van der Waals surface area contributed by atoms with Crippen molar-refractivity contribution in [3.8, 4) is 11.5 Å². The summed E-state index contributed by atoms with van der Waals surface area (Å²) in [6, 6.07) is 19.8. The van der Waals surface area contributed by atoms with E-state index in [1.54, 1.807) is 30.3 Å². The molecule has 0 radical (unpaired) electrons. The number of nitrogens with zero attached hydrogens (tertiary/aromatic N) is 2. The van der Waals surface area contributed by atoms with E-state index in [9.17, 15) is 18.0 Å². The zero-order valence-electron chi connectivity index (χ0n) is 23.8. The molecule has 0 bridgehead atoms. The number of anilines is 1. The highest BCUT2D eigenvalue weighted by molar-refractivity contribution is 7.92. The van der Waals surface area contributed by atoms with Gasteiger partial charge in [-0.05, 0) is 49.2 Å². The van der Waals surface area contributed by atoms with Crippen molar-refractivity contribution in [2.24, 2.45) is 0 Å². The Balaban J connectivity index is 2.08. The van der Waals surface area contributed by atoms with Crippen molar-refractivity contribution < 1.29 is 27.5 Å². The highest BCUT2D eigenvalue weighted by Crippen LogP contribution is 2.32. The number of carbonyl (C=O) groups excluding carboxylic acids is 2. The van der Waals surface area contributed by atoms with Gasteiger partial charge in [-0.25, -0.2) is 8.42 Å². The molecule has 3 rings (SSSR count). The second kappa shape index (κ2) is 14.2. The molecular formula is C30H36ClN3O6S. The monoisotopic (exact) mass is 601 g/mol. The third-order valence-corrected chi connectivity index (χ3v) is 7.65. The van der Waals surface area contributed by atoms with E-state index in [1.807, 2.05) is 44.2 Å². The van der Waals surface area contributed by atoms with Gasteiger partial charge in [-0.1, -0.05) is 54.1 Å². The van der Waals surface area contributed by atoms with E-state index in [-0.39, 0.29) is 30.6 Å². The van der Waals surface area contributed by atoms with Gasteiger partial charge in [-0.3, -0.25) is 13.9 Å². The molecule has 0 aliphatic rings. The summed E-state index contributed by atoms with van der Waals surface area (Å²) < 4.78 is 37.6. The molecule has 9 nitrogen and oxygen atoms in total. The van der Waals surface area contributed by atoms with Gasteiger partial charge in [-0.2, -0.15) is 0 Å². The lowest BCUT2D eigenvalue weighted by molar-refractivity contribution is -0.140. The van der Waals surface area contributed by atoms with Crippen LogP contribution in [0.1, 0.15) is 25.0 Å². The predicted molar refractivity (Wildman–Crippen MR) is 161 cm³/mol. The lowest BCUT2D eigenvalue weighted by Gasteiger charge is -2.34. The molecular weight excluding hydrogens is 566 g/mol. The molecule has 0 saturated heterocycles. The Bertz CT molecular complexity index is 1450. The number of sulfonamides is 1. The summed E-state index contributed by atoms with van der Waals surface area (Å²) in [5.74, 6) is -0.201. The fourth-order valence-corrected chi connectivity index (χ4v) is 5.41. The van der Waals surface area contributed by atoms with Crippen LogP contribution in [-0.4, -0.2) is 64.2 Å². The van der Waals surface area contributed by atoms with Crippen LogP contribution in [0.15, 0.2) is 72.8 Å². The lowest BCUT2D eigenvalue weighted by Crippen LogP contribution is -2.54. The minimum Gasteiger partial charge on any atom is -0.493 e. The van der Waals surface area contributed by atoms with Gasteiger partial charge in [0.1, 0.15) is 12.6 Å². The van der Waals surface area contributed by atoms with Crippen molar-refractivity contribution >= 4 is 39.1 Å². The Labute approximate surface area is 247 Å². The van der Waals surface area contributed by atoms with E-state index >= 15 is 0 Å². The molecule has 0 fully saturated rings. The van der Waals surface area contributed by atoms with E-state index in [1.165, 1.54) is 31.3 Å². The van der Waals surface area contributed by atoms with Gasteiger partial charge in [0.05, 0.1) is 26.2 Å². The smallest absolute Gasteiger partial charge is 0.244 e. The van der Waals surface area contributed by atoms with E-state index in [4.69, 9.17) is 21.1 Å². The van der Waals surface area contributed by atoms with Crippen LogP contribution in [0, 0.1) is 0 Å². The third-order valence-electron chi connectivity index (χ3n) is 6.28. The van der Waals surface area contributed by atoms with Gasteiger partial charge in [0.25, 0.3) is 0 Å². The SMILES string of the molecule is COc1ccc(N(CC(=O)N(Cc2cccc(Cl)c2)[C@@H](Cc2ccccc2)C(=O)NC(C)C)S(C)(=O)=O)cc1OC. The molecule has 3 aromatic rings. The van der Waals surface area contributed by atoms with Crippen molar-refractivity contribution in [2.45, 2.75) is 38.9 Å². The van der Waals surface area contributed by atoms with Crippen LogP contribution in [0.4, 0.5) is 5.69 Å². The summed E-state index contributed by atoms with van der Waals surface area (Å²) in [5.41, 5.74) is 1.76. The zero-order valence-corrected chi connectivity index (χ0v) is 25.4. The molecule has 0 aromatic heterocycles. The van der Waals surface area contributed by atoms with Gasteiger partial charge in [0.15, 0.2) is 11.5 Å². The van der Waals surface area contributed by atoms with Crippen molar-refractivity contribution in [2.75, 3.05) is 31.3 Å². The minimum absolute atomic E-state index is 0.0337. The van der Waals surface area contributed by atoms with Crippen molar-refractivity contribution in [1.29, 1.82) is 0 Å². The van der Waals surface area contributed by atoms with E-state index in [0.29, 0.717) is 22.1 Å². The van der Waals surface area contributed by atoms with Crippen LogP contribution >= 0.6 is 11.6 Å². The summed E-state index contributed by atoms with van der Waals surface area (Å²) in [6.45, 7) is 3.16. The van der Waals surface area contributed by atoms with E-state index in [0.717, 1.165) is 16.1 Å². The van der Waals surface area contributed by atoms with Gasteiger partial charge in [0, 0.05) is 30.1 Å². The standard InChI is InChI=1S/C30H36ClN3O6S/c1-21(2)32-30(36)26(17-22-10-7-6-8-11-22)33(19-23-12-9-13-24(31)16-23)29(35)20-34(41(5,37)38)25-14-15-27(39-3)28(18-25)40-4/h6-16,18,21,26H,17,19-20H2,1-5H3,(H,32,36)/t26-/m0/s1. The van der Waals surface area contributed by atoms with Crippen molar-refractivity contribution in [3.05, 3.63) is 88.9 Å². The zero-order chi connectivity index (χ0) is 30.2. The maximum atomic E-state index is 14.1. The topological polar surface area (TPSA) is 105 Å². The molecule has 0 saturated carbocycles. The highest BCUT2D eigenvalue weighted by atomic mass is 35.5. The van der Waals surface area contributed by atoms with Crippen molar-refractivity contribution in [1.82, 2.24) is 10.2 Å². The summed E-state index contributed by atoms with van der Waals surface area (Å²) in [6.07, 6.45) is 1.24. The highest BCUT2D eigenvalue weighted by Gasteiger charge is 2.33. The quantitative estimate of drug-likeness (QED) is 0.313. The van der Waals surface area contributed by atoms with Crippen molar-refractivity contribution in [3.63, 3.8) is 0 Å². The fraction of sp³-hybridized carbons (Fsp3) is 0.333. The normalized spacial score (nSPS) is 12.0. The van der Waals surface area contributed by atoms with Crippen LogP contribution in [0.5, 0.6) is 11.5 Å². The summed E-state index contributed by atoms with van der Waals surface area (Å²) in [7, 11) is -1.02. The number of benzene rings is 3. The molecule has 1 N–H and O–H groups in total. The molecule has 0 aliphatic carbocycles. The van der Waals surface area contributed by atoms with Crippen LogP contribution < -0.4 is 19.1 Å². The first-order valence-electron chi connectivity index (χ1n) is 13.0. The molecule has 41 heavy (non-hydrogen) atoms. The van der Waals surface area contributed by atoms with E-state index < -0.39 is 28.5 Å². The average molecular weight is 602 g/mol. The summed E-state index contributed by atoms with van der Waals surface area (Å²) in [5, 5.41) is 3.39. The molecule has 11 heteroatoms. The van der Waals surface area contributed by atoms with Gasteiger partial charge >= 0.3 is 0 Å². The largest absolute Gasteiger partial charge is 0.493 e. The second-order valence-corrected chi connectivity index (χ2v) is 12.2. The Morgan fingerprint density at radius 3 is 2.15 bits per heavy atom. The van der Waals surface area contributed by atoms with Crippen LogP contribution in [-0.2, 0) is 32.6 Å². The Morgan fingerprint density at radius 1 is 0.902 bits per heavy atom. The van der Waals surface area contributed by atoms with Crippen LogP contribution in [0.2, 0.25) is 5.02 Å². The number of amides is 2. The summed E-state index contributed by atoms with van der Waals surface area (Å²) >= 11 is 6.23. The molecule has 3 aromatic carbocycles. The molecule has 0 heterocycles. The van der Waals surface area contributed by atoms with Crippen LogP contribution in [0.3, 0.4) is 0 Å². The number of hydrogen-bond donors (Lipinski definition) is 1. The average Bonchev–Trinajstić information content (AvgIpc) is 2.92. The molecule has 220 valence electrons. The first-order chi connectivity index (χ1) is 19.4. The third kappa shape index (κ3) is 8.86. The van der Waals surface area contributed by atoms with E-state index in [2.05, 4.69) is 5.32 Å². The predicted octanol–water partition coefficient (Wildman–Crippen LogP) is 4.29. The number of halogens is 1. The molecule has 0 aliphatic heterocycles. The number of rotatable bonds is 13. The molecule has 2 amide bonds. The minimum atomic E-state index is -3.93. The van der Waals surface area contributed by atoms with Gasteiger partial charge in [0.2, 0.25) is 21.8 Å². The second-order valence-electron chi connectivity index (χ2n) is 9.83. The first kappa shape index (κ1) is 31.8. The number of methoxy groups -OCH3 is 2. The maximum Gasteiger partial charge on any atom is 0.244 e. The Kier molecular flexibility index (Phi) is 11.0. The van der Waals surface area contributed by atoms with Gasteiger partial charge in [-0.15, -0.1) is 0 Å². The first-order valence-corrected chi connectivity index (χ1v) is 15.2. The number of ether oxygens (including phenoxy) is 2. The van der Waals surface area contributed by atoms with Crippen LogP contribution in [0.25, 0.3) is 0 Å². The van der Waals surface area contributed by atoms with Gasteiger partial charge < -0.3 is 19.7 Å². The lowest BCUT2D eigenvalue weighted by atomic mass is 10.0.